The number of aromatic nitrogens is 2. The summed E-state index contributed by atoms with van der Waals surface area (Å²) in [6.07, 6.45) is 1.01. The lowest BCUT2D eigenvalue weighted by molar-refractivity contribution is -0.133. The molecule has 0 amide bonds. The summed E-state index contributed by atoms with van der Waals surface area (Å²) < 4.78 is 2.06. The molecular formula is C14H17ClN2O2S. The van der Waals surface area contributed by atoms with Gasteiger partial charge < -0.3 is 9.67 Å². The van der Waals surface area contributed by atoms with Gasteiger partial charge in [-0.1, -0.05) is 37.2 Å². The van der Waals surface area contributed by atoms with E-state index in [1.807, 2.05) is 12.1 Å². The number of benzene rings is 1. The minimum Gasteiger partial charge on any atom is -0.481 e. The molecule has 1 heterocycles. The van der Waals surface area contributed by atoms with Crippen molar-refractivity contribution < 1.29 is 9.90 Å². The van der Waals surface area contributed by atoms with E-state index in [4.69, 9.17) is 16.7 Å². The maximum atomic E-state index is 10.7. The van der Waals surface area contributed by atoms with Gasteiger partial charge in [0, 0.05) is 11.6 Å². The molecule has 0 saturated carbocycles. The van der Waals surface area contributed by atoms with Gasteiger partial charge in [0.15, 0.2) is 5.16 Å². The van der Waals surface area contributed by atoms with Crippen molar-refractivity contribution in [1.29, 1.82) is 0 Å². The van der Waals surface area contributed by atoms with Gasteiger partial charge in [0.2, 0.25) is 0 Å². The Morgan fingerprint density at radius 2 is 2.25 bits per heavy atom. The molecule has 0 bridgehead atoms. The van der Waals surface area contributed by atoms with Crippen molar-refractivity contribution in [2.75, 3.05) is 5.75 Å². The first-order valence-corrected chi connectivity index (χ1v) is 7.84. The fraction of sp³-hybridized carbons (Fsp3) is 0.429. The standard InChI is InChI=1S/C14H17ClN2O2S/c1-9(2)5-6-17-12-7-10(15)3-4-11(12)16-14(17)20-8-13(18)19/h3-4,7,9H,5-6,8H2,1-2H3,(H,18,19). The van der Waals surface area contributed by atoms with E-state index < -0.39 is 5.97 Å². The number of nitrogens with zero attached hydrogens (tertiary/aromatic N) is 2. The first-order valence-electron chi connectivity index (χ1n) is 6.47. The Kier molecular flexibility index (Phi) is 4.94. The van der Waals surface area contributed by atoms with Crippen LogP contribution in [0.4, 0.5) is 0 Å². The molecule has 108 valence electrons. The quantitative estimate of drug-likeness (QED) is 0.822. The van der Waals surface area contributed by atoms with Crippen LogP contribution in [0.3, 0.4) is 0 Å². The second-order valence-electron chi connectivity index (χ2n) is 5.04. The van der Waals surface area contributed by atoms with E-state index in [9.17, 15) is 4.79 Å². The zero-order chi connectivity index (χ0) is 14.7. The molecule has 4 nitrogen and oxygen atoms in total. The minimum absolute atomic E-state index is 0.0126. The highest BCUT2D eigenvalue weighted by Gasteiger charge is 2.13. The summed E-state index contributed by atoms with van der Waals surface area (Å²) in [6, 6.07) is 5.55. The molecule has 20 heavy (non-hydrogen) atoms. The van der Waals surface area contributed by atoms with Crippen LogP contribution in [-0.4, -0.2) is 26.4 Å². The van der Waals surface area contributed by atoms with E-state index >= 15 is 0 Å². The summed E-state index contributed by atoms with van der Waals surface area (Å²) in [5.74, 6) is -0.252. The van der Waals surface area contributed by atoms with Gasteiger partial charge in [-0.3, -0.25) is 4.79 Å². The van der Waals surface area contributed by atoms with E-state index in [2.05, 4.69) is 23.4 Å². The number of imidazole rings is 1. The highest BCUT2D eigenvalue weighted by Crippen LogP contribution is 2.27. The number of hydrogen-bond acceptors (Lipinski definition) is 3. The Labute approximate surface area is 127 Å². The van der Waals surface area contributed by atoms with Gasteiger partial charge in [0.25, 0.3) is 0 Å². The van der Waals surface area contributed by atoms with E-state index in [0.29, 0.717) is 10.9 Å². The molecule has 2 rings (SSSR count). The van der Waals surface area contributed by atoms with Gasteiger partial charge in [-0.15, -0.1) is 0 Å². The second-order valence-corrected chi connectivity index (χ2v) is 6.42. The van der Waals surface area contributed by atoms with Crippen LogP contribution in [-0.2, 0) is 11.3 Å². The third-order valence-corrected chi connectivity index (χ3v) is 4.13. The average Bonchev–Trinajstić information content (AvgIpc) is 2.71. The predicted molar refractivity (Wildman–Crippen MR) is 82.6 cm³/mol. The molecule has 6 heteroatoms. The molecular weight excluding hydrogens is 296 g/mol. The monoisotopic (exact) mass is 312 g/mol. The molecule has 0 atom stereocenters. The molecule has 1 aromatic heterocycles. The van der Waals surface area contributed by atoms with Crippen molar-refractivity contribution in [3.63, 3.8) is 0 Å². The lowest BCUT2D eigenvalue weighted by atomic mass is 10.1. The maximum absolute atomic E-state index is 10.7. The molecule has 0 fully saturated rings. The van der Waals surface area contributed by atoms with Crippen molar-refractivity contribution in [3.05, 3.63) is 23.2 Å². The second kappa shape index (κ2) is 6.50. The Balaban J connectivity index is 2.37. The van der Waals surface area contributed by atoms with Crippen molar-refractivity contribution in [3.8, 4) is 0 Å². The van der Waals surface area contributed by atoms with E-state index in [-0.39, 0.29) is 5.75 Å². The molecule has 0 aliphatic carbocycles. The highest BCUT2D eigenvalue weighted by atomic mass is 35.5. The van der Waals surface area contributed by atoms with Gasteiger partial charge in [-0.05, 0) is 30.5 Å². The summed E-state index contributed by atoms with van der Waals surface area (Å²) >= 11 is 7.30. The normalized spacial score (nSPS) is 11.4. The Morgan fingerprint density at radius 1 is 1.50 bits per heavy atom. The molecule has 0 aliphatic rings. The Bertz CT molecular complexity index is 625. The molecule has 0 spiro atoms. The third kappa shape index (κ3) is 3.67. The SMILES string of the molecule is CC(C)CCn1c(SCC(=O)O)nc2ccc(Cl)cc21. The molecule has 1 N–H and O–H groups in total. The average molecular weight is 313 g/mol. The number of rotatable bonds is 6. The number of carbonyl (C=O) groups is 1. The largest absolute Gasteiger partial charge is 0.481 e. The smallest absolute Gasteiger partial charge is 0.313 e. The topological polar surface area (TPSA) is 55.1 Å². The number of aryl methyl sites for hydroxylation is 1. The van der Waals surface area contributed by atoms with E-state index in [1.54, 1.807) is 6.07 Å². The van der Waals surface area contributed by atoms with Gasteiger partial charge in [0.05, 0.1) is 16.8 Å². The number of fused-ring (bicyclic) bond motifs is 1. The fourth-order valence-corrected chi connectivity index (χ4v) is 2.84. The van der Waals surface area contributed by atoms with Crippen LogP contribution < -0.4 is 0 Å². The molecule has 0 saturated heterocycles. The van der Waals surface area contributed by atoms with Gasteiger partial charge in [-0.2, -0.15) is 0 Å². The number of aliphatic carboxylic acids is 1. The minimum atomic E-state index is -0.838. The number of thioether (sulfide) groups is 1. The first-order chi connectivity index (χ1) is 9.47. The van der Waals surface area contributed by atoms with Crippen molar-refractivity contribution >= 4 is 40.4 Å². The van der Waals surface area contributed by atoms with Gasteiger partial charge in [-0.25, -0.2) is 4.98 Å². The Hall–Kier alpha value is -1.20. The maximum Gasteiger partial charge on any atom is 0.313 e. The number of carboxylic acid groups (broad SMARTS) is 1. The van der Waals surface area contributed by atoms with Crippen molar-refractivity contribution in [1.82, 2.24) is 9.55 Å². The lowest BCUT2D eigenvalue weighted by Gasteiger charge is -2.10. The van der Waals surface area contributed by atoms with Gasteiger partial charge in [0.1, 0.15) is 0 Å². The first kappa shape index (κ1) is 15.2. The van der Waals surface area contributed by atoms with Crippen LogP contribution in [0.2, 0.25) is 5.02 Å². The number of hydrogen-bond donors (Lipinski definition) is 1. The summed E-state index contributed by atoms with van der Waals surface area (Å²) in [5, 5.41) is 10.2. The van der Waals surface area contributed by atoms with E-state index in [0.717, 1.165) is 29.2 Å². The van der Waals surface area contributed by atoms with Gasteiger partial charge >= 0.3 is 5.97 Å². The van der Waals surface area contributed by atoms with Crippen molar-refractivity contribution in [2.45, 2.75) is 32.0 Å². The van der Waals surface area contributed by atoms with E-state index in [1.165, 1.54) is 11.8 Å². The molecule has 1 aromatic carbocycles. The van der Waals surface area contributed by atoms with Crippen LogP contribution >= 0.6 is 23.4 Å². The highest BCUT2D eigenvalue weighted by molar-refractivity contribution is 7.99. The van der Waals surface area contributed by atoms with Crippen LogP contribution in [0, 0.1) is 5.92 Å². The van der Waals surface area contributed by atoms with Crippen LogP contribution in [0.25, 0.3) is 11.0 Å². The van der Waals surface area contributed by atoms with Crippen LogP contribution in [0.15, 0.2) is 23.4 Å². The predicted octanol–water partition coefficient (Wildman–Crippen LogP) is 3.91. The number of halogens is 1. The van der Waals surface area contributed by atoms with Crippen LogP contribution in [0.5, 0.6) is 0 Å². The summed E-state index contributed by atoms with van der Waals surface area (Å²) in [5.41, 5.74) is 1.82. The molecule has 0 unspecified atom stereocenters. The fourth-order valence-electron chi connectivity index (χ4n) is 1.91. The molecule has 0 aliphatic heterocycles. The summed E-state index contributed by atoms with van der Waals surface area (Å²) in [7, 11) is 0. The zero-order valence-electron chi connectivity index (χ0n) is 11.5. The van der Waals surface area contributed by atoms with Crippen LogP contribution in [0.1, 0.15) is 20.3 Å². The molecule has 2 aromatic rings. The summed E-state index contributed by atoms with van der Waals surface area (Å²) in [6.45, 7) is 5.14. The number of carboxylic acids is 1. The third-order valence-electron chi connectivity index (χ3n) is 2.93. The molecule has 0 radical (unpaired) electrons. The zero-order valence-corrected chi connectivity index (χ0v) is 13.0. The summed E-state index contributed by atoms with van der Waals surface area (Å²) in [4.78, 5) is 15.2. The Morgan fingerprint density at radius 3 is 2.90 bits per heavy atom. The van der Waals surface area contributed by atoms with Crippen molar-refractivity contribution in [2.24, 2.45) is 5.92 Å². The lowest BCUT2D eigenvalue weighted by Crippen LogP contribution is -2.05.